The molecular formula is C10H11N3O. The Morgan fingerprint density at radius 3 is 2.86 bits per heavy atom. The summed E-state index contributed by atoms with van der Waals surface area (Å²) in [5.74, 6) is 0.0360. The molecule has 1 aromatic carbocycles. The Balaban J connectivity index is 2.18. The van der Waals surface area contributed by atoms with Crippen LogP contribution in [0.3, 0.4) is 0 Å². The molecule has 0 bridgehead atoms. The van der Waals surface area contributed by atoms with Gasteiger partial charge in [-0.1, -0.05) is 12.1 Å². The Morgan fingerprint density at radius 1 is 1.36 bits per heavy atom. The Bertz CT molecular complexity index is 436. The molecule has 0 saturated heterocycles. The van der Waals surface area contributed by atoms with E-state index in [4.69, 9.17) is 10.8 Å². The van der Waals surface area contributed by atoms with Gasteiger partial charge >= 0.3 is 0 Å². The van der Waals surface area contributed by atoms with Crippen molar-refractivity contribution in [2.45, 2.75) is 6.54 Å². The molecule has 0 radical (unpaired) electrons. The lowest BCUT2D eigenvalue weighted by Gasteiger charge is -2.02. The number of aromatic nitrogens is 2. The van der Waals surface area contributed by atoms with Gasteiger partial charge in [-0.3, -0.25) is 4.68 Å². The second-order valence-corrected chi connectivity index (χ2v) is 3.12. The van der Waals surface area contributed by atoms with Gasteiger partial charge in [0.2, 0.25) is 5.88 Å². The van der Waals surface area contributed by atoms with Crippen molar-refractivity contribution in [1.82, 2.24) is 9.78 Å². The van der Waals surface area contributed by atoms with E-state index in [2.05, 4.69) is 5.10 Å². The zero-order valence-corrected chi connectivity index (χ0v) is 7.59. The van der Waals surface area contributed by atoms with Crippen molar-refractivity contribution < 1.29 is 5.11 Å². The summed E-state index contributed by atoms with van der Waals surface area (Å²) in [6.07, 6.45) is 1.72. The predicted molar refractivity (Wildman–Crippen MR) is 53.8 cm³/mol. The van der Waals surface area contributed by atoms with E-state index in [0.717, 1.165) is 11.3 Å². The van der Waals surface area contributed by atoms with Crippen molar-refractivity contribution in [3.63, 3.8) is 0 Å². The highest BCUT2D eigenvalue weighted by molar-refractivity contribution is 5.40. The van der Waals surface area contributed by atoms with Gasteiger partial charge in [-0.2, -0.15) is 0 Å². The first-order chi connectivity index (χ1) is 6.74. The summed E-state index contributed by atoms with van der Waals surface area (Å²) >= 11 is 0. The van der Waals surface area contributed by atoms with E-state index in [1.165, 1.54) is 0 Å². The molecule has 0 amide bonds. The number of nitrogens with zero attached hydrogens (tertiary/aromatic N) is 2. The molecule has 0 aliphatic carbocycles. The zero-order chi connectivity index (χ0) is 9.97. The summed E-state index contributed by atoms with van der Waals surface area (Å²) in [5, 5.41) is 12.9. The summed E-state index contributed by atoms with van der Waals surface area (Å²) in [6, 6.07) is 9.14. The van der Waals surface area contributed by atoms with Gasteiger partial charge < -0.3 is 10.8 Å². The number of nitrogens with two attached hydrogens (primary N) is 1. The molecule has 2 rings (SSSR count). The smallest absolute Gasteiger partial charge is 0.230 e. The minimum Gasteiger partial charge on any atom is -0.492 e. The van der Waals surface area contributed by atoms with Crippen molar-refractivity contribution in [3.05, 3.63) is 42.1 Å². The quantitative estimate of drug-likeness (QED) is 0.698. The van der Waals surface area contributed by atoms with E-state index < -0.39 is 0 Å². The van der Waals surface area contributed by atoms with Gasteiger partial charge in [-0.15, -0.1) is 5.10 Å². The van der Waals surface area contributed by atoms with Crippen molar-refractivity contribution in [2.75, 3.05) is 5.73 Å². The highest BCUT2D eigenvalue weighted by Crippen LogP contribution is 2.09. The lowest BCUT2D eigenvalue weighted by molar-refractivity contribution is 0.441. The van der Waals surface area contributed by atoms with Crippen LogP contribution in [-0.2, 0) is 6.54 Å². The van der Waals surface area contributed by atoms with Gasteiger partial charge in [0.05, 0.1) is 6.54 Å². The van der Waals surface area contributed by atoms with Crippen molar-refractivity contribution in [2.24, 2.45) is 0 Å². The molecule has 0 saturated carbocycles. The number of aromatic hydroxyl groups is 1. The number of benzene rings is 1. The number of rotatable bonds is 2. The minimum atomic E-state index is 0.0360. The Morgan fingerprint density at radius 2 is 2.21 bits per heavy atom. The van der Waals surface area contributed by atoms with Crippen molar-refractivity contribution in [3.8, 4) is 5.88 Å². The highest BCUT2D eigenvalue weighted by Gasteiger charge is 1.97. The standard InChI is InChI=1S/C10H11N3O/c11-9-3-1-2-8(6-9)7-13-5-4-10(14)12-13/h1-6H,7,11H2,(H,12,14). The molecule has 1 aromatic heterocycles. The second-order valence-electron chi connectivity index (χ2n) is 3.12. The maximum atomic E-state index is 9.03. The lowest BCUT2D eigenvalue weighted by atomic mass is 10.2. The van der Waals surface area contributed by atoms with Crippen LogP contribution < -0.4 is 5.73 Å². The maximum absolute atomic E-state index is 9.03. The fourth-order valence-electron chi connectivity index (χ4n) is 1.32. The van der Waals surface area contributed by atoms with E-state index in [-0.39, 0.29) is 5.88 Å². The fraction of sp³-hybridized carbons (Fsp3) is 0.100. The van der Waals surface area contributed by atoms with Gasteiger partial charge in [0.15, 0.2) is 0 Å². The average Bonchev–Trinajstić information content (AvgIpc) is 2.51. The second kappa shape index (κ2) is 3.41. The van der Waals surface area contributed by atoms with Crippen LogP contribution in [0.2, 0.25) is 0 Å². The third-order valence-electron chi connectivity index (χ3n) is 1.92. The third kappa shape index (κ3) is 1.85. The first-order valence-electron chi connectivity index (χ1n) is 4.31. The molecular weight excluding hydrogens is 178 g/mol. The summed E-state index contributed by atoms with van der Waals surface area (Å²) in [6.45, 7) is 0.617. The molecule has 14 heavy (non-hydrogen) atoms. The van der Waals surface area contributed by atoms with Crippen LogP contribution in [0, 0.1) is 0 Å². The monoisotopic (exact) mass is 189 g/mol. The minimum absolute atomic E-state index is 0.0360. The molecule has 0 aliphatic rings. The van der Waals surface area contributed by atoms with Crippen molar-refractivity contribution >= 4 is 5.69 Å². The molecule has 4 nitrogen and oxygen atoms in total. The van der Waals surface area contributed by atoms with Gasteiger partial charge in [-0.05, 0) is 17.7 Å². The van der Waals surface area contributed by atoms with E-state index in [1.807, 2.05) is 24.3 Å². The molecule has 1 heterocycles. The number of nitrogen functional groups attached to an aromatic ring is 1. The zero-order valence-electron chi connectivity index (χ0n) is 7.59. The topological polar surface area (TPSA) is 64.1 Å². The summed E-state index contributed by atoms with van der Waals surface area (Å²) in [4.78, 5) is 0. The Kier molecular flexibility index (Phi) is 2.10. The van der Waals surface area contributed by atoms with Gasteiger partial charge in [0.1, 0.15) is 0 Å². The summed E-state index contributed by atoms with van der Waals surface area (Å²) < 4.78 is 1.66. The molecule has 2 aromatic rings. The molecule has 0 unspecified atom stereocenters. The highest BCUT2D eigenvalue weighted by atomic mass is 16.3. The molecule has 0 spiro atoms. The molecule has 0 atom stereocenters. The third-order valence-corrected chi connectivity index (χ3v) is 1.92. The van der Waals surface area contributed by atoms with Crippen LogP contribution in [-0.4, -0.2) is 14.9 Å². The van der Waals surface area contributed by atoms with Crippen LogP contribution >= 0.6 is 0 Å². The normalized spacial score (nSPS) is 10.3. The number of hydrogen-bond donors (Lipinski definition) is 2. The Labute approximate surface area is 81.6 Å². The van der Waals surface area contributed by atoms with Crippen LogP contribution in [0.25, 0.3) is 0 Å². The fourth-order valence-corrected chi connectivity index (χ4v) is 1.32. The predicted octanol–water partition coefficient (Wildman–Crippen LogP) is 1.22. The van der Waals surface area contributed by atoms with Gasteiger partial charge in [0, 0.05) is 18.0 Å². The van der Waals surface area contributed by atoms with E-state index in [1.54, 1.807) is 16.9 Å². The largest absolute Gasteiger partial charge is 0.492 e. The molecule has 0 aliphatic heterocycles. The van der Waals surface area contributed by atoms with Crippen LogP contribution in [0.4, 0.5) is 5.69 Å². The first-order valence-corrected chi connectivity index (χ1v) is 4.31. The average molecular weight is 189 g/mol. The van der Waals surface area contributed by atoms with E-state index in [9.17, 15) is 0 Å². The van der Waals surface area contributed by atoms with Crippen LogP contribution in [0.15, 0.2) is 36.5 Å². The summed E-state index contributed by atoms with van der Waals surface area (Å²) in [7, 11) is 0. The first kappa shape index (κ1) is 8.62. The van der Waals surface area contributed by atoms with Crippen LogP contribution in [0.1, 0.15) is 5.56 Å². The molecule has 0 fully saturated rings. The van der Waals surface area contributed by atoms with Crippen LogP contribution in [0.5, 0.6) is 5.88 Å². The molecule has 4 heteroatoms. The molecule has 3 N–H and O–H groups in total. The summed E-state index contributed by atoms with van der Waals surface area (Å²) in [5.41, 5.74) is 7.44. The van der Waals surface area contributed by atoms with E-state index in [0.29, 0.717) is 6.54 Å². The van der Waals surface area contributed by atoms with E-state index >= 15 is 0 Å². The number of hydrogen-bond acceptors (Lipinski definition) is 3. The van der Waals surface area contributed by atoms with Crippen molar-refractivity contribution in [1.29, 1.82) is 0 Å². The maximum Gasteiger partial charge on any atom is 0.230 e. The van der Waals surface area contributed by atoms with Gasteiger partial charge in [0.25, 0.3) is 0 Å². The lowest BCUT2D eigenvalue weighted by Crippen LogP contribution is -2.00. The molecule has 72 valence electrons. The SMILES string of the molecule is Nc1cccc(Cn2ccc(O)n2)c1. The Hall–Kier alpha value is -1.97. The number of anilines is 1. The van der Waals surface area contributed by atoms with Gasteiger partial charge in [-0.25, -0.2) is 0 Å².